The second-order valence-corrected chi connectivity index (χ2v) is 8.31. The largest absolute Gasteiger partial charge is 0.337 e. The van der Waals surface area contributed by atoms with Crippen molar-refractivity contribution in [2.24, 2.45) is 0 Å². The van der Waals surface area contributed by atoms with Crippen LogP contribution in [0.3, 0.4) is 0 Å². The molecule has 0 radical (unpaired) electrons. The van der Waals surface area contributed by atoms with E-state index in [4.69, 9.17) is 0 Å². The van der Waals surface area contributed by atoms with Crippen molar-refractivity contribution in [3.8, 4) is 0 Å². The molecule has 0 aliphatic carbocycles. The number of carbonyl (C=O) groups excluding carboxylic acids is 2. The Morgan fingerprint density at radius 1 is 1.00 bits per heavy atom. The summed E-state index contributed by atoms with van der Waals surface area (Å²) in [6.07, 6.45) is 0.524. The normalized spacial score (nSPS) is 11.0. The van der Waals surface area contributed by atoms with Crippen molar-refractivity contribution < 1.29 is 9.59 Å². The number of likely N-dealkylation sites (N-methyl/N-ethyl adjacent to an activating group) is 1. The predicted molar refractivity (Wildman–Crippen MR) is 108 cm³/mol. The van der Waals surface area contributed by atoms with Gasteiger partial charge < -0.3 is 9.80 Å². The van der Waals surface area contributed by atoms with Crippen LogP contribution in [0.25, 0.3) is 0 Å². The van der Waals surface area contributed by atoms with Gasteiger partial charge >= 0.3 is 0 Å². The van der Waals surface area contributed by atoms with Gasteiger partial charge in [-0.05, 0) is 39.6 Å². The highest BCUT2D eigenvalue weighted by atomic mass is 32.1. The monoisotopic (exact) mass is 372 g/mol. The summed E-state index contributed by atoms with van der Waals surface area (Å²) in [5.74, 6) is 0.0983. The van der Waals surface area contributed by atoms with Crippen LogP contribution in [0.1, 0.15) is 38.5 Å². The molecule has 2 aromatic rings. The van der Waals surface area contributed by atoms with Gasteiger partial charge in [-0.1, -0.05) is 30.3 Å². The van der Waals surface area contributed by atoms with Crippen LogP contribution in [0, 0.1) is 13.8 Å². The van der Waals surface area contributed by atoms with Crippen molar-refractivity contribution in [1.29, 1.82) is 0 Å². The molecule has 1 aromatic heterocycles. The maximum atomic E-state index is 12.7. The number of benzene rings is 1. The minimum Gasteiger partial charge on any atom is -0.337 e. The topological polar surface area (TPSA) is 40.6 Å². The maximum absolute atomic E-state index is 12.7. The van der Waals surface area contributed by atoms with Crippen LogP contribution in [0.5, 0.6) is 0 Å². The number of aryl methyl sites for hydroxylation is 2. The summed E-state index contributed by atoms with van der Waals surface area (Å²) in [4.78, 5) is 31.3. The van der Waals surface area contributed by atoms with Gasteiger partial charge in [-0.25, -0.2) is 0 Å². The number of Topliss-reactive ketones (excluding diaryl/α,β-unsaturated/α-hetero) is 1. The van der Waals surface area contributed by atoms with E-state index in [0.717, 1.165) is 27.4 Å². The van der Waals surface area contributed by atoms with E-state index >= 15 is 0 Å². The van der Waals surface area contributed by atoms with Crippen LogP contribution in [0.4, 0.5) is 0 Å². The molecule has 0 aliphatic heterocycles. The molecule has 0 saturated heterocycles. The summed E-state index contributed by atoms with van der Waals surface area (Å²) in [6.45, 7) is 6.01. The molecule has 0 atom stereocenters. The molecular weight excluding hydrogens is 344 g/mol. The third-order valence-electron chi connectivity index (χ3n) is 4.29. The minimum absolute atomic E-state index is 0.0358. The molecule has 2 rings (SSSR count). The summed E-state index contributed by atoms with van der Waals surface area (Å²) in [5, 5.41) is 0. The smallest absolute Gasteiger partial charge is 0.223 e. The fourth-order valence-corrected chi connectivity index (χ4v) is 3.78. The Kier molecular flexibility index (Phi) is 7.54. The Hall–Kier alpha value is -1.98. The van der Waals surface area contributed by atoms with Crippen molar-refractivity contribution in [3.63, 3.8) is 0 Å². The average Bonchev–Trinajstić information content (AvgIpc) is 2.95. The molecule has 5 heteroatoms. The zero-order chi connectivity index (χ0) is 19.1. The van der Waals surface area contributed by atoms with Crippen LogP contribution < -0.4 is 0 Å². The molecule has 1 heterocycles. The molecule has 0 saturated carbocycles. The van der Waals surface area contributed by atoms with Crippen molar-refractivity contribution in [2.45, 2.75) is 33.2 Å². The fourth-order valence-electron chi connectivity index (χ4n) is 2.84. The summed E-state index contributed by atoms with van der Waals surface area (Å²) in [5.41, 5.74) is 1.87. The lowest BCUT2D eigenvalue weighted by atomic mass is 10.1. The molecule has 1 aromatic carbocycles. The standard InChI is InChI=1S/C21H28N2O2S/c1-16-14-19(17(2)26-16)20(24)10-11-21(25)23(13-12-22(3)4)15-18-8-6-5-7-9-18/h5-9,14H,10-13,15H2,1-4H3. The first-order valence-electron chi connectivity index (χ1n) is 8.93. The van der Waals surface area contributed by atoms with Crippen LogP contribution >= 0.6 is 11.3 Å². The zero-order valence-corrected chi connectivity index (χ0v) is 16.9. The zero-order valence-electron chi connectivity index (χ0n) is 16.1. The molecular formula is C21H28N2O2S. The number of amides is 1. The van der Waals surface area contributed by atoms with E-state index in [0.29, 0.717) is 13.1 Å². The van der Waals surface area contributed by atoms with Gasteiger partial charge in [-0.2, -0.15) is 0 Å². The van der Waals surface area contributed by atoms with Gasteiger partial charge in [0.25, 0.3) is 0 Å². The van der Waals surface area contributed by atoms with Crippen LogP contribution in [-0.4, -0.2) is 48.7 Å². The molecule has 0 bridgehead atoms. The number of ketones is 1. The van der Waals surface area contributed by atoms with Crippen molar-refractivity contribution >= 4 is 23.0 Å². The Morgan fingerprint density at radius 2 is 1.69 bits per heavy atom. The van der Waals surface area contributed by atoms with Crippen molar-refractivity contribution in [1.82, 2.24) is 9.80 Å². The van der Waals surface area contributed by atoms with Crippen LogP contribution in [0.2, 0.25) is 0 Å². The molecule has 0 spiro atoms. The van der Waals surface area contributed by atoms with Gasteiger partial charge in [0.1, 0.15) is 0 Å². The van der Waals surface area contributed by atoms with Crippen LogP contribution in [-0.2, 0) is 11.3 Å². The first-order valence-corrected chi connectivity index (χ1v) is 9.75. The van der Waals surface area contributed by atoms with Crippen molar-refractivity contribution in [2.75, 3.05) is 27.2 Å². The summed E-state index contributed by atoms with van der Waals surface area (Å²) in [7, 11) is 3.99. The van der Waals surface area contributed by atoms with E-state index < -0.39 is 0 Å². The lowest BCUT2D eigenvalue weighted by molar-refractivity contribution is -0.131. The van der Waals surface area contributed by atoms with E-state index in [1.165, 1.54) is 0 Å². The lowest BCUT2D eigenvalue weighted by Crippen LogP contribution is -2.36. The summed E-state index contributed by atoms with van der Waals surface area (Å²) >= 11 is 1.63. The number of thiophene rings is 1. The summed E-state index contributed by atoms with van der Waals surface area (Å²) < 4.78 is 0. The highest BCUT2D eigenvalue weighted by Gasteiger charge is 2.18. The molecule has 0 aliphatic rings. The third-order valence-corrected chi connectivity index (χ3v) is 5.26. The number of hydrogen-bond acceptors (Lipinski definition) is 4. The van der Waals surface area contributed by atoms with Gasteiger partial charge in [0.15, 0.2) is 5.78 Å². The van der Waals surface area contributed by atoms with Gasteiger partial charge in [0, 0.05) is 47.8 Å². The number of carbonyl (C=O) groups is 2. The van der Waals surface area contributed by atoms with Crippen LogP contribution in [0.15, 0.2) is 36.4 Å². The lowest BCUT2D eigenvalue weighted by Gasteiger charge is -2.24. The molecule has 26 heavy (non-hydrogen) atoms. The first-order chi connectivity index (χ1) is 12.4. The highest BCUT2D eigenvalue weighted by Crippen LogP contribution is 2.22. The molecule has 0 N–H and O–H groups in total. The first kappa shape index (κ1) is 20.3. The van der Waals surface area contributed by atoms with E-state index in [2.05, 4.69) is 4.90 Å². The van der Waals surface area contributed by atoms with E-state index in [9.17, 15) is 9.59 Å². The molecule has 1 amide bonds. The summed E-state index contributed by atoms with van der Waals surface area (Å²) in [6, 6.07) is 11.9. The second kappa shape index (κ2) is 9.64. The second-order valence-electron chi connectivity index (χ2n) is 6.85. The maximum Gasteiger partial charge on any atom is 0.223 e. The molecule has 140 valence electrons. The number of nitrogens with zero attached hydrogens (tertiary/aromatic N) is 2. The van der Waals surface area contributed by atoms with Gasteiger partial charge in [-0.15, -0.1) is 11.3 Å². The Labute approximate surface area is 160 Å². The number of hydrogen-bond donors (Lipinski definition) is 0. The fraction of sp³-hybridized carbons (Fsp3) is 0.429. The minimum atomic E-state index is 0.0358. The number of rotatable bonds is 9. The van der Waals surface area contributed by atoms with Gasteiger partial charge in [-0.3, -0.25) is 9.59 Å². The molecule has 0 fully saturated rings. The molecule has 0 unspecified atom stereocenters. The SMILES string of the molecule is Cc1cc(C(=O)CCC(=O)N(CCN(C)C)Cc2ccccc2)c(C)s1. The van der Waals surface area contributed by atoms with Gasteiger partial charge in [0.05, 0.1) is 0 Å². The highest BCUT2D eigenvalue weighted by molar-refractivity contribution is 7.12. The Bertz CT molecular complexity index is 738. The molecule has 4 nitrogen and oxygen atoms in total. The van der Waals surface area contributed by atoms with Crippen molar-refractivity contribution in [3.05, 3.63) is 57.3 Å². The Morgan fingerprint density at radius 3 is 2.27 bits per heavy atom. The predicted octanol–water partition coefficient (Wildman–Crippen LogP) is 3.92. The van der Waals surface area contributed by atoms with Gasteiger partial charge in [0.2, 0.25) is 5.91 Å². The average molecular weight is 373 g/mol. The van der Waals surface area contributed by atoms with E-state index in [1.807, 2.05) is 69.2 Å². The van der Waals surface area contributed by atoms with E-state index in [1.54, 1.807) is 11.3 Å². The van der Waals surface area contributed by atoms with E-state index in [-0.39, 0.29) is 24.5 Å². The Balaban J connectivity index is 1.98. The quantitative estimate of drug-likeness (QED) is 0.627. The third kappa shape index (κ3) is 6.07.